The first-order chi connectivity index (χ1) is 13.6. The Hall–Kier alpha value is -3.35. The van der Waals surface area contributed by atoms with Crippen LogP contribution in [0.1, 0.15) is 30.1 Å². The third-order valence-corrected chi connectivity index (χ3v) is 3.59. The van der Waals surface area contributed by atoms with Crippen LogP contribution >= 0.6 is 0 Å². The predicted octanol–water partition coefficient (Wildman–Crippen LogP) is 3.10. The van der Waals surface area contributed by atoms with E-state index in [1.165, 1.54) is 0 Å². The number of ether oxygens (including phenoxy) is 3. The van der Waals surface area contributed by atoms with Crippen molar-refractivity contribution in [3.05, 3.63) is 60.2 Å². The highest BCUT2D eigenvalue weighted by Crippen LogP contribution is 2.21. The Labute approximate surface area is 163 Å². The minimum Gasteiger partial charge on any atom is -0.466 e. The van der Waals surface area contributed by atoms with Gasteiger partial charge in [-0.2, -0.15) is 0 Å². The maximum atomic E-state index is 12.0. The summed E-state index contributed by atoms with van der Waals surface area (Å²) in [5, 5.41) is 2.58. The van der Waals surface area contributed by atoms with Gasteiger partial charge in [0.05, 0.1) is 12.2 Å². The molecule has 0 heterocycles. The lowest BCUT2D eigenvalue weighted by Gasteiger charge is -2.08. The van der Waals surface area contributed by atoms with E-state index in [1.807, 2.05) is 30.3 Å². The summed E-state index contributed by atoms with van der Waals surface area (Å²) in [7, 11) is 0. The molecule has 28 heavy (non-hydrogen) atoms. The van der Waals surface area contributed by atoms with Gasteiger partial charge in [0.15, 0.2) is 6.61 Å². The SMILES string of the molecule is CCOC(=O)CCCNC(=O)COC(=O)c1ccc(Oc2ccccc2)cc1. The molecule has 0 aliphatic rings. The van der Waals surface area contributed by atoms with E-state index in [2.05, 4.69) is 5.32 Å². The van der Waals surface area contributed by atoms with Crippen molar-refractivity contribution in [3.8, 4) is 11.5 Å². The fourth-order valence-electron chi connectivity index (χ4n) is 2.24. The quantitative estimate of drug-likeness (QED) is 0.499. The number of amides is 1. The first kappa shape index (κ1) is 21.0. The molecule has 0 aromatic heterocycles. The second-order valence-electron chi connectivity index (χ2n) is 5.77. The highest BCUT2D eigenvalue weighted by molar-refractivity contribution is 5.91. The van der Waals surface area contributed by atoms with Crippen LogP contribution in [0.4, 0.5) is 0 Å². The van der Waals surface area contributed by atoms with Crippen molar-refractivity contribution in [2.24, 2.45) is 0 Å². The Balaban J connectivity index is 1.69. The predicted molar refractivity (Wildman–Crippen MR) is 102 cm³/mol. The second kappa shape index (κ2) is 11.4. The average Bonchev–Trinajstić information content (AvgIpc) is 2.71. The Morgan fingerprint density at radius 3 is 2.25 bits per heavy atom. The summed E-state index contributed by atoms with van der Waals surface area (Å²) in [5.74, 6) is -0.0587. The maximum Gasteiger partial charge on any atom is 0.338 e. The van der Waals surface area contributed by atoms with E-state index in [4.69, 9.17) is 14.2 Å². The summed E-state index contributed by atoms with van der Waals surface area (Å²) in [6, 6.07) is 15.7. The molecule has 1 amide bonds. The molecular formula is C21H23NO6. The first-order valence-corrected chi connectivity index (χ1v) is 9.01. The van der Waals surface area contributed by atoms with Gasteiger partial charge in [0.2, 0.25) is 0 Å². The van der Waals surface area contributed by atoms with Crippen molar-refractivity contribution in [3.63, 3.8) is 0 Å². The molecule has 0 unspecified atom stereocenters. The van der Waals surface area contributed by atoms with Gasteiger partial charge in [-0.05, 0) is 49.7 Å². The van der Waals surface area contributed by atoms with Crippen LogP contribution in [-0.4, -0.2) is 37.6 Å². The van der Waals surface area contributed by atoms with Gasteiger partial charge in [-0.15, -0.1) is 0 Å². The van der Waals surface area contributed by atoms with Crippen molar-refractivity contribution < 1.29 is 28.6 Å². The number of rotatable bonds is 10. The molecule has 0 aliphatic heterocycles. The van der Waals surface area contributed by atoms with Crippen LogP contribution in [0.15, 0.2) is 54.6 Å². The molecule has 2 aromatic rings. The summed E-state index contributed by atoms with van der Waals surface area (Å²) in [5.41, 5.74) is 0.315. The summed E-state index contributed by atoms with van der Waals surface area (Å²) in [4.78, 5) is 34.9. The van der Waals surface area contributed by atoms with Crippen molar-refractivity contribution in [1.82, 2.24) is 5.32 Å². The Morgan fingerprint density at radius 1 is 0.893 bits per heavy atom. The zero-order valence-electron chi connectivity index (χ0n) is 15.7. The van der Waals surface area contributed by atoms with E-state index >= 15 is 0 Å². The van der Waals surface area contributed by atoms with Gasteiger partial charge in [0.25, 0.3) is 5.91 Å². The largest absolute Gasteiger partial charge is 0.466 e. The summed E-state index contributed by atoms with van der Waals surface area (Å²) in [6.07, 6.45) is 0.687. The number of hydrogen-bond acceptors (Lipinski definition) is 6. The summed E-state index contributed by atoms with van der Waals surface area (Å²) in [6.45, 7) is 1.99. The highest BCUT2D eigenvalue weighted by atomic mass is 16.5. The molecule has 0 saturated carbocycles. The second-order valence-corrected chi connectivity index (χ2v) is 5.77. The van der Waals surface area contributed by atoms with E-state index in [0.717, 1.165) is 0 Å². The third kappa shape index (κ3) is 7.49. The third-order valence-electron chi connectivity index (χ3n) is 3.59. The van der Waals surface area contributed by atoms with Crippen molar-refractivity contribution >= 4 is 17.8 Å². The highest BCUT2D eigenvalue weighted by Gasteiger charge is 2.10. The number of hydrogen-bond donors (Lipinski definition) is 1. The maximum absolute atomic E-state index is 12.0. The molecule has 0 bridgehead atoms. The number of carbonyl (C=O) groups is 3. The van der Waals surface area contributed by atoms with E-state index in [0.29, 0.717) is 36.6 Å². The van der Waals surface area contributed by atoms with Crippen LogP contribution in [0.3, 0.4) is 0 Å². The van der Waals surface area contributed by atoms with Gasteiger partial charge in [-0.1, -0.05) is 18.2 Å². The van der Waals surface area contributed by atoms with Gasteiger partial charge >= 0.3 is 11.9 Å². The zero-order valence-corrected chi connectivity index (χ0v) is 15.7. The Bertz CT molecular complexity index is 773. The summed E-state index contributed by atoms with van der Waals surface area (Å²) >= 11 is 0. The molecule has 148 valence electrons. The lowest BCUT2D eigenvalue weighted by Crippen LogP contribution is -2.30. The number of nitrogens with one attached hydrogen (secondary N) is 1. The van der Waals surface area contributed by atoms with Crippen LogP contribution in [0, 0.1) is 0 Å². The number of para-hydroxylation sites is 1. The molecule has 1 N–H and O–H groups in total. The molecule has 7 heteroatoms. The fourth-order valence-corrected chi connectivity index (χ4v) is 2.24. The molecule has 2 aromatic carbocycles. The van der Waals surface area contributed by atoms with Gasteiger partial charge < -0.3 is 19.5 Å². The minimum absolute atomic E-state index is 0.227. The summed E-state index contributed by atoms with van der Waals surface area (Å²) < 4.78 is 15.4. The Kier molecular flexibility index (Phi) is 8.52. The van der Waals surface area contributed by atoms with Gasteiger partial charge in [-0.25, -0.2) is 4.79 Å². The molecule has 7 nitrogen and oxygen atoms in total. The van der Waals surface area contributed by atoms with E-state index < -0.39 is 11.9 Å². The van der Waals surface area contributed by atoms with Crippen molar-refractivity contribution in [1.29, 1.82) is 0 Å². The average molecular weight is 385 g/mol. The normalized spacial score (nSPS) is 10.0. The standard InChI is InChI=1S/C21H23NO6/c1-2-26-20(24)9-6-14-22-19(23)15-27-21(25)16-10-12-18(13-11-16)28-17-7-4-3-5-8-17/h3-5,7-8,10-13H,2,6,9,14-15H2,1H3,(H,22,23). The van der Waals surface area contributed by atoms with Crippen LogP contribution < -0.4 is 10.1 Å². The fraction of sp³-hybridized carbons (Fsp3) is 0.286. The lowest BCUT2D eigenvalue weighted by atomic mass is 10.2. The van der Waals surface area contributed by atoms with E-state index in [-0.39, 0.29) is 19.0 Å². The monoisotopic (exact) mass is 385 g/mol. The van der Waals surface area contributed by atoms with Crippen LogP contribution in [0.25, 0.3) is 0 Å². The number of carbonyl (C=O) groups excluding carboxylic acids is 3. The topological polar surface area (TPSA) is 90.9 Å². The lowest BCUT2D eigenvalue weighted by molar-refractivity contribution is -0.143. The van der Waals surface area contributed by atoms with Gasteiger partial charge in [-0.3, -0.25) is 9.59 Å². The molecule has 0 atom stereocenters. The molecule has 0 aliphatic carbocycles. The molecule has 0 saturated heterocycles. The van der Waals surface area contributed by atoms with E-state index in [9.17, 15) is 14.4 Å². The molecule has 0 spiro atoms. The van der Waals surface area contributed by atoms with Gasteiger partial charge in [0, 0.05) is 13.0 Å². The Morgan fingerprint density at radius 2 is 1.57 bits per heavy atom. The van der Waals surface area contributed by atoms with Crippen molar-refractivity contribution in [2.75, 3.05) is 19.8 Å². The smallest absolute Gasteiger partial charge is 0.338 e. The van der Waals surface area contributed by atoms with E-state index in [1.54, 1.807) is 31.2 Å². The number of benzene rings is 2. The molecule has 0 radical (unpaired) electrons. The van der Waals surface area contributed by atoms with Crippen LogP contribution in [0.5, 0.6) is 11.5 Å². The molecule has 0 fully saturated rings. The molecule has 2 rings (SSSR count). The van der Waals surface area contributed by atoms with Crippen molar-refractivity contribution in [2.45, 2.75) is 19.8 Å². The first-order valence-electron chi connectivity index (χ1n) is 9.01. The van der Waals surface area contributed by atoms with Crippen LogP contribution in [-0.2, 0) is 19.1 Å². The van der Waals surface area contributed by atoms with Gasteiger partial charge in [0.1, 0.15) is 11.5 Å². The van der Waals surface area contributed by atoms with Crippen LogP contribution in [0.2, 0.25) is 0 Å². The molecular weight excluding hydrogens is 362 g/mol. The minimum atomic E-state index is -0.604. The number of esters is 2. The zero-order chi connectivity index (χ0) is 20.2.